The molecule has 1 aliphatic carbocycles. The number of benzene rings is 2. The Labute approximate surface area is 110 Å². The number of rotatable bonds is 2. The number of ketones is 1. The Balaban J connectivity index is 2.06. The average molecular weight is 252 g/mol. The predicted molar refractivity (Wildman–Crippen MR) is 70.5 cm³/mol. The molecule has 1 N–H and O–H groups in total. The SMILES string of the molecule is O=C(O)Cc1ccc2c(c1)C(=O)c1ccccc1C2. The van der Waals surface area contributed by atoms with E-state index < -0.39 is 5.97 Å². The summed E-state index contributed by atoms with van der Waals surface area (Å²) >= 11 is 0. The maximum absolute atomic E-state index is 12.4. The van der Waals surface area contributed by atoms with Crippen LogP contribution in [0.5, 0.6) is 0 Å². The lowest BCUT2D eigenvalue weighted by Gasteiger charge is -2.18. The molecule has 1 aliphatic rings. The molecule has 0 aliphatic heterocycles. The molecule has 3 nitrogen and oxygen atoms in total. The van der Waals surface area contributed by atoms with Gasteiger partial charge in [0.05, 0.1) is 6.42 Å². The van der Waals surface area contributed by atoms with Gasteiger partial charge in [-0.1, -0.05) is 36.4 Å². The number of hydrogen-bond acceptors (Lipinski definition) is 2. The molecular formula is C16H12O3. The van der Waals surface area contributed by atoms with Crippen LogP contribution in [0.2, 0.25) is 0 Å². The molecule has 0 spiro atoms. The van der Waals surface area contributed by atoms with Gasteiger partial charge in [0.25, 0.3) is 0 Å². The first-order chi connectivity index (χ1) is 9.15. The molecule has 0 bridgehead atoms. The minimum absolute atomic E-state index is 0.0101. The van der Waals surface area contributed by atoms with E-state index in [2.05, 4.69) is 0 Å². The van der Waals surface area contributed by atoms with Gasteiger partial charge in [-0.05, 0) is 29.2 Å². The van der Waals surface area contributed by atoms with E-state index in [1.165, 1.54) is 0 Å². The van der Waals surface area contributed by atoms with E-state index in [0.717, 1.165) is 23.1 Å². The normalized spacial score (nSPS) is 12.7. The first-order valence-electron chi connectivity index (χ1n) is 6.11. The van der Waals surface area contributed by atoms with Crippen LogP contribution in [0.15, 0.2) is 42.5 Å². The number of carboxylic acid groups (broad SMARTS) is 1. The van der Waals surface area contributed by atoms with Gasteiger partial charge >= 0.3 is 5.97 Å². The van der Waals surface area contributed by atoms with Gasteiger partial charge in [0.1, 0.15) is 0 Å². The van der Waals surface area contributed by atoms with Crippen molar-refractivity contribution in [2.24, 2.45) is 0 Å². The third kappa shape index (κ3) is 2.03. The summed E-state index contributed by atoms with van der Waals surface area (Å²) < 4.78 is 0. The van der Waals surface area contributed by atoms with Crippen LogP contribution >= 0.6 is 0 Å². The van der Waals surface area contributed by atoms with Gasteiger partial charge in [-0.25, -0.2) is 0 Å². The second-order valence-electron chi connectivity index (χ2n) is 4.73. The van der Waals surface area contributed by atoms with Crippen molar-refractivity contribution >= 4 is 11.8 Å². The molecule has 0 saturated carbocycles. The third-order valence-electron chi connectivity index (χ3n) is 3.42. The van der Waals surface area contributed by atoms with E-state index in [-0.39, 0.29) is 12.2 Å². The number of aliphatic carboxylic acids is 1. The molecule has 2 aromatic rings. The Morgan fingerprint density at radius 1 is 1.05 bits per heavy atom. The van der Waals surface area contributed by atoms with Crippen LogP contribution in [0.25, 0.3) is 0 Å². The smallest absolute Gasteiger partial charge is 0.307 e. The van der Waals surface area contributed by atoms with Crippen LogP contribution in [0.3, 0.4) is 0 Å². The Hall–Kier alpha value is -2.42. The van der Waals surface area contributed by atoms with E-state index in [1.54, 1.807) is 12.1 Å². The number of hydrogen-bond donors (Lipinski definition) is 1. The van der Waals surface area contributed by atoms with Crippen LogP contribution in [0.1, 0.15) is 32.6 Å². The minimum Gasteiger partial charge on any atom is -0.481 e. The highest BCUT2D eigenvalue weighted by Crippen LogP contribution is 2.27. The highest BCUT2D eigenvalue weighted by atomic mass is 16.4. The summed E-state index contributed by atoms with van der Waals surface area (Å²) in [5.74, 6) is -0.896. The highest BCUT2D eigenvalue weighted by molar-refractivity contribution is 6.12. The van der Waals surface area contributed by atoms with E-state index >= 15 is 0 Å². The number of fused-ring (bicyclic) bond motifs is 2. The van der Waals surface area contributed by atoms with Crippen molar-refractivity contribution in [1.82, 2.24) is 0 Å². The van der Waals surface area contributed by atoms with Crippen LogP contribution in [-0.2, 0) is 17.6 Å². The summed E-state index contributed by atoms with van der Waals surface area (Å²) in [4.78, 5) is 23.1. The first kappa shape index (κ1) is 11.7. The fourth-order valence-corrected chi connectivity index (χ4v) is 2.52. The molecule has 19 heavy (non-hydrogen) atoms. The second kappa shape index (κ2) is 4.35. The van der Waals surface area contributed by atoms with Crippen LogP contribution < -0.4 is 0 Å². The molecule has 2 aromatic carbocycles. The first-order valence-corrected chi connectivity index (χ1v) is 6.11. The second-order valence-corrected chi connectivity index (χ2v) is 4.73. The molecule has 0 heterocycles. The summed E-state index contributed by atoms with van der Waals surface area (Å²) in [6, 6.07) is 12.9. The predicted octanol–water partition coefficient (Wildman–Crippen LogP) is 2.45. The van der Waals surface area contributed by atoms with Crippen molar-refractivity contribution in [3.8, 4) is 0 Å². The molecule has 0 amide bonds. The topological polar surface area (TPSA) is 54.4 Å². The van der Waals surface area contributed by atoms with Crippen LogP contribution in [0.4, 0.5) is 0 Å². The van der Waals surface area contributed by atoms with Crippen molar-refractivity contribution in [2.45, 2.75) is 12.8 Å². The number of carbonyl (C=O) groups is 2. The summed E-state index contributed by atoms with van der Waals surface area (Å²) in [6.07, 6.45) is 0.673. The molecular weight excluding hydrogens is 240 g/mol. The van der Waals surface area contributed by atoms with Gasteiger partial charge in [-0.2, -0.15) is 0 Å². The van der Waals surface area contributed by atoms with Crippen molar-refractivity contribution in [1.29, 1.82) is 0 Å². The third-order valence-corrected chi connectivity index (χ3v) is 3.42. The van der Waals surface area contributed by atoms with Gasteiger partial charge in [-0.3, -0.25) is 9.59 Å². The zero-order chi connectivity index (χ0) is 13.4. The van der Waals surface area contributed by atoms with E-state index in [1.807, 2.05) is 30.3 Å². The molecule has 0 fully saturated rings. The molecule has 0 aromatic heterocycles. The fraction of sp³-hybridized carbons (Fsp3) is 0.125. The molecule has 0 saturated heterocycles. The summed E-state index contributed by atoms with van der Waals surface area (Å²) in [7, 11) is 0. The Bertz CT molecular complexity index is 686. The van der Waals surface area contributed by atoms with E-state index in [0.29, 0.717) is 11.1 Å². The average Bonchev–Trinajstić information content (AvgIpc) is 2.39. The maximum atomic E-state index is 12.4. The Kier molecular flexibility index (Phi) is 2.67. The summed E-state index contributed by atoms with van der Waals surface area (Å²) in [5.41, 5.74) is 4.03. The van der Waals surface area contributed by atoms with E-state index in [9.17, 15) is 9.59 Å². The van der Waals surface area contributed by atoms with Crippen LogP contribution in [-0.4, -0.2) is 16.9 Å². The molecule has 0 unspecified atom stereocenters. The maximum Gasteiger partial charge on any atom is 0.307 e. The van der Waals surface area contributed by atoms with Crippen molar-refractivity contribution in [2.75, 3.05) is 0 Å². The standard InChI is InChI=1S/C16H12O3/c17-15(18)8-10-5-6-12-9-11-3-1-2-4-13(11)16(19)14(12)7-10/h1-7H,8-9H2,(H,17,18). The van der Waals surface area contributed by atoms with Crippen molar-refractivity contribution in [3.05, 3.63) is 70.3 Å². The lowest BCUT2D eigenvalue weighted by molar-refractivity contribution is -0.136. The zero-order valence-electron chi connectivity index (χ0n) is 10.2. The fourth-order valence-electron chi connectivity index (χ4n) is 2.52. The van der Waals surface area contributed by atoms with Crippen molar-refractivity contribution < 1.29 is 14.7 Å². The van der Waals surface area contributed by atoms with Gasteiger partial charge in [0.15, 0.2) is 5.78 Å². The number of carbonyl (C=O) groups excluding carboxylic acids is 1. The molecule has 0 radical (unpaired) electrons. The van der Waals surface area contributed by atoms with E-state index in [4.69, 9.17) is 5.11 Å². The highest BCUT2D eigenvalue weighted by Gasteiger charge is 2.23. The largest absolute Gasteiger partial charge is 0.481 e. The van der Waals surface area contributed by atoms with Gasteiger partial charge < -0.3 is 5.11 Å². The van der Waals surface area contributed by atoms with Gasteiger partial charge in [0, 0.05) is 11.1 Å². The minimum atomic E-state index is -0.886. The molecule has 94 valence electrons. The molecule has 3 heteroatoms. The summed E-state index contributed by atoms with van der Waals surface area (Å²) in [5, 5.41) is 8.81. The lowest BCUT2D eigenvalue weighted by Crippen LogP contribution is -2.15. The molecule has 0 atom stereocenters. The van der Waals surface area contributed by atoms with Crippen LogP contribution in [0, 0.1) is 0 Å². The monoisotopic (exact) mass is 252 g/mol. The van der Waals surface area contributed by atoms with Crippen molar-refractivity contribution in [3.63, 3.8) is 0 Å². The Morgan fingerprint density at radius 3 is 2.58 bits per heavy atom. The zero-order valence-corrected chi connectivity index (χ0v) is 10.2. The quantitative estimate of drug-likeness (QED) is 0.762. The summed E-state index contributed by atoms with van der Waals surface area (Å²) in [6.45, 7) is 0. The van der Waals surface area contributed by atoms with Gasteiger partial charge in [-0.15, -0.1) is 0 Å². The lowest BCUT2D eigenvalue weighted by atomic mass is 9.84. The number of carboxylic acids is 1. The molecule has 3 rings (SSSR count). The Morgan fingerprint density at radius 2 is 1.79 bits per heavy atom. The van der Waals surface area contributed by atoms with Gasteiger partial charge in [0.2, 0.25) is 0 Å².